The van der Waals surface area contributed by atoms with Gasteiger partial charge in [0.15, 0.2) is 0 Å². The summed E-state index contributed by atoms with van der Waals surface area (Å²) in [6.07, 6.45) is 3.83. The third-order valence-electron chi connectivity index (χ3n) is 3.11. The minimum absolute atomic E-state index is 0.00417. The standard InChI is InChI=1S/C14H16N4O3/c1-10-8-15-17(9-10)7-6-14(19)16-12-4-3-5-13(11(12)2)18(20)21/h3-5,8-9H,6-7H2,1-2H3,(H,16,19). The molecule has 0 atom stereocenters. The van der Waals surface area contributed by atoms with Gasteiger partial charge in [-0.2, -0.15) is 5.10 Å². The van der Waals surface area contributed by atoms with Gasteiger partial charge in [0, 0.05) is 25.2 Å². The average molecular weight is 288 g/mol. The van der Waals surface area contributed by atoms with E-state index >= 15 is 0 Å². The molecule has 0 saturated heterocycles. The Hall–Kier alpha value is -2.70. The van der Waals surface area contributed by atoms with Crippen molar-refractivity contribution >= 4 is 17.3 Å². The zero-order valence-corrected chi connectivity index (χ0v) is 11.9. The highest BCUT2D eigenvalue weighted by molar-refractivity contribution is 5.92. The highest BCUT2D eigenvalue weighted by Crippen LogP contribution is 2.25. The Morgan fingerprint density at radius 2 is 2.19 bits per heavy atom. The first kappa shape index (κ1) is 14.7. The van der Waals surface area contributed by atoms with Crippen molar-refractivity contribution < 1.29 is 9.72 Å². The van der Waals surface area contributed by atoms with Crippen LogP contribution < -0.4 is 5.32 Å². The Morgan fingerprint density at radius 3 is 2.81 bits per heavy atom. The summed E-state index contributed by atoms with van der Waals surface area (Å²) in [6, 6.07) is 4.62. The number of rotatable bonds is 5. The molecule has 2 rings (SSSR count). The lowest BCUT2D eigenvalue weighted by molar-refractivity contribution is -0.385. The monoisotopic (exact) mass is 288 g/mol. The summed E-state index contributed by atoms with van der Waals surface area (Å²) in [7, 11) is 0. The van der Waals surface area contributed by atoms with Gasteiger partial charge in [0.1, 0.15) is 0 Å². The van der Waals surface area contributed by atoms with E-state index in [4.69, 9.17) is 0 Å². The molecule has 0 aliphatic carbocycles. The van der Waals surface area contributed by atoms with Crippen molar-refractivity contribution in [2.45, 2.75) is 26.8 Å². The van der Waals surface area contributed by atoms with Crippen molar-refractivity contribution in [2.75, 3.05) is 5.32 Å². The Bertz CT molecular complexity index is 679. The Morgan fingerprint density at radius 1 is 1.43 bits per heavy atom. The van der Waals surface area contributed by atoms with Gasteiger partial charge in [-0.25, -0.2) is 0 Å². The van der Waals surface area contributed by atoms with Crippen molar-refractivity contribution in [3.8, 4) is 0 Å². The van der Waals surface area contributed by atoms with Crippen LogP contribution in [0.4, 0.5) is 11.4 Å². The van der Waals surface area contributed by atoms with Gasteiger partial charge in [-0.15, -0.1) is 0 Å². The highest BCUT2D eigenvalue weighted by atomic mass is 16.6. The van der Waals surface area contributed by atoms with E-state index in [1.807, 2.05) is 13.1 Å². The van der Waals surface area contributed by atoms with Crippen molar-refractivity contribution in [3.05, 3.63) is 51.8 Å². The van der Waals surface area contributed by atoms with Crippen molar-refractivity contribution in [2.24, 2.45) is 0 Å². The van der Waals surface area contributed by atoms with Crippen LogP contribution in [0.25, 0.3) is 0 Å². The third kappa shape index (κ3) is 3.65. The number of aromatic nitrogens is 2. The summed E-state index contributed by atoms with van der Waals surface area (Å²) in [5.74, 6) is -0.202. The summed E-state index contributed by atoms with van der Waals surface area (Å²) < 4.78 is 1.69. The predicted molar refractivity (Wildman–Crippen MR) is 78.0 cm³/mol. The molecule has 1 amide bonds. The van der Waals surface area contributed by atoms with E-state index in [0.29, 0.717) is 17.8 Å². The maximum Gasteiger partial charge on any atom is 0.274 e. The van der Waals surface area contributed by atoms with Crippen LogP contribution in [0.3, 0.4) is 0 Å². The molecule has 0 unspecified atom stereocenters. The Balaban J connectivity index is 1.99. The average Bonchev–Trinajstić information content (AvgIpc) is 2.84. The number of nitrogens with zero attached hydrogens (tertiary/aromatic N) is 3. The van der Waals surface area contributed by atoms with Gasteiger partial charge >= 0.3 is 0 Å². The van der Waals surface area contributed by atoms with Crippen LogP contribution in [-0.4, -0.2) is 20.6 Å². The summed E-state index contributed by atoms with van der Waals surface area (Å²) >= 11 is 0. The van der Waals surface area contributed by atoms with E-state index in [1.165, 1.54) is 6.07 Å². The SMILES string of the molecule is Cc1cnn(CCC(=O)Nc2cccc([N+](=O)[O-])c2C)c1. The second-order valence-corrected chi connectivity index (χ2v) is 4.79. The third-order valence-corrected chi connectivity index (χ3v) is 3.11. The summed E-state index contributed by atoms with van der Waals surface area (Å²) in [6.45, 7) is 4.01. The molecule has 0 saturated carbocycles. The van der Waals surface area contributed by atoms with Crippen LogP contribution in [0, 0.1) is 24.0 Å². The molecular weight excluding hydrogens is 272 g/mol. The topological polar surface area (TPSA) is 90.1 Å². The van der Waals surface area contributed by atoms with Crippen LogP contribution in [0.5, 0.6) is 0 Å². The summed E-state index contributed by atoms with van der Waals surface area (Å²) in [5, 5.41) is 17.6. The van der Waals surface area contributed by atoms with Crippen molar-refractivity contribution in [1.82, 2.24) is 9.78 Å². The van der Waals surface area contributed by atoms with Crippen LogP contribution in [0.15, 0.2) is 30.6 Å². The largest absolute Gasteiger partial charge is 0.326 e. The molecule has 0 aliphatic rings. The second kappa shape index (κ2) is 6.17. The molecule has 7 nitrogen and oxygen atoms in total. The number of amides is 1. The minimum Gasteiger partial charge on any atom is -0.326 e. The van der Waals surface area contributed by atoms with Crippen LogP contribution in [0.1, 0.15) is 17.5 Å². The Kier molecular flexibility index (Phi) is 4.32. The first-order chi connectivity index (χ1) is 9.97. The molecular formula is C14H16N4O3. The molecule has 1 aromatic carbocycles. The van der Waals surface area contributed by atoms with Gasteiger partial charge in [-0.05, 0) is 25.5 Å². The number of nitro groups is 1. The van der Waals surface area contributed by atoms with Gasteiger partial charge in [-0.1, -0.05) is 6.07 Å². The maximum absolute atomic E-state index is 11.9. The number of carbonyl (C=O) groups excluding carboxylic acids is 1. The minimum atomic E-state index is -0.461. The molecule has 0 radical (unpaired) electrons. The van der Waals surface area contributed by atoms with Crippen LogP contribution in [-0.2, 0) is 11.3 Å². The van der Waals surface area contributed by atoms with Gasteiger partial charge in [0.2, 0.25) is 5.91 Å². The molecule has 0 bridgehead atoms. The molecule has 2 aromatic rings. The molecule has 1 N–H and O–H groups in total. The second-order valence-electron chi connectivity index (χ2n) is 4.79. The zero-order valence-electron chi connectivity index (χ0n) is 11.9. The van der Waals surface area contributed by atoms with Gasteiger partial charge in [0.25, 0.3) is 5.69 Å². The van der Waals surface area contributed by atoms with Crippen molar-refractivity contribution in [3.63, 3.8) is 0 Å². The quantitative estimate of drug-likeness (QED) is 0.675. The predicted octanol–water partition coefficient (Wildman–Crippen LogP) is 2.44. The normalized spacial score (nSPS) is 10.4. The number of nitro benzene ring substituents is 1. The van der Waals surface area contributed by atoms with E-state index in [-0.39, 0.29) is 18.0 Å². The fourth-order valence-corrected chi connectivity index (χ4v) is 1.97. The summed E-state index contributed by atoms with van der Waals surface area (Å²) in [5.41, 5.74) is 1.94. The van der Waals surface area contributed by atoms with Crippen molar-refractivity contribution in [1.29, 1.82) is 0 Å². The van der Waals surface area contributed by atoms with Gasteiger partial charge in [-0.3, -0.25) is 19.6 Å². The lowest BCUT2D eigenvalue weighted by Crippen LogP contribution is -2.15. The number of carbonyl (C=O) groups is 1. The maximum atomic E-state index is 11.9. The summed E-state index contributed by atoms with van der Waals surface area (Å²) in [4.78, 5) is 22.3. The Labute approximate surface area is 121 Å². The smallest absolute Gasteiger partial charge is 0.274 e. The molecule has 1 aromatic heterocycles. The van der Waals surface area contributed by atoms with E-state index in [1.54, 1.807) is 29.9 Å². The van der Waals surface area contributed by atoms with Gasteiger partial charge in [0.05, 0.1) is 22.4 Å². The molecule has 0 aliphatic heterocycles. The number of anilines is 1. The lowest BCUT2D eigenvalue weighted by atomic mass is 10.1. The lowest BCUT2D eigenvalue weighted by Gasteiger charge is -2.08. The zero-order chi connectivity index (χ0) is 15.4. The number of benzene rings is 1. The van der Waals surface area contributed by atoms with Crippen LogP contribution >= 0.6 is 0 Å². The van der Waals surface area contributed by atoms with E-state index in [9.17, 15) is 14.9 Å². The van der Waals surface area contributed by atoms with E-state index < -0.39 is 4.92 Å². The van der Waals surface area contributed by atoms with Crippen LogP contribution in [0.2, 0.25) is 0 Å². The number of hydrogen-bond acceptors (Lipinski definition) is 4. The number of aryl methyl sites for hydroxylation is 2. The van der Waals surface area contributed by atoms with Gasteiger partial charge < -0.3 is 5.32 Å². The highest BCUT2D eigenvalue weighted by Gasteiger charge is 2.14. The molecule has 1 heterocycles. The van der Waals surface area contributed by atoms with E-state index in [2.05, 4.69) is 10.4 Å². The molecule has 0 fully saturated rings. The first-order valence-electron chi connectivity index (χ1n) is 6.50. The molecule has 21 heavy (non-hydrogen) atoms. The fourth-order valence-electron chi connectivity index (χ4n) is 1.97. The fraction of sp³-hybridized carbons (Fsp3) is 0.286. The van der Waals surface area contributed by atoms with E-state index in [0.717, 1.165) is 5.56 Å². The molecule has 0 spiro atoms. The number of hydrogen-bond donors (Lipinski definition) is 1. The molecule has 7 heteroatoms. The number of nitrogens with one attached hydrogen (secondary N) is 1. The molecule has 110 valence electrons. The first-order valence-corrected chi connectivity index (χ1v) is 6.50.